The molecule has 0 saturated heterocycles. The molecule has 0 radical (unpaired) electrons. The minimum atomic E-state index is -0.394. The quantitative estimate of drug-likeness (QED) is 0.840. The molecule has 1 atom stereocenters. The average Bonchev–Trinajstić information content (AvgIpc) is 2.53. The van der Waals surface area contributed by atoms with E-state index in [1.807, 2.05) is 54.7 Å². The van der Waals surface area contributed by atoms with Gasteiger partial charge in [-0.15, -0.1) is 0 Å². The first-order valence-electron chi connectivity index (χ1n) is 7.15. The third-order valence-corrected chi connectivity index (χ3v) is 3.46. The Labute approximate surface area is 120 Å². The molecule has 0 aliphatic heterocycles. The molecule has 0 saturated carbocycles. The van der Waals surface area contributed by atoms with Gasteiger partial charge in [0.25, 0.3) is 0 Å². The highest BCUT2D eigenvalue weighted by molar-refractivity contribution is 5.17. The average molecular weight is 270 g/mol. The number of aromatic nitrogens is 1. The Balaban J connectivity index is 1.85. The van der Waals surface area contributed by atoms with Crippen molar-refractivity contribution in [1.82, 2.24) is 9.88 Å². The van der Waals surface area contributed by atoms with Gasteiger partial charge in [-0.05, 0) is 30.7 Å². The van der Waals surface area contributed by atoms with Crippen LogP contribution in [0.5, 0.6) is 0 Å². The molecule has 1 aromatic carbocycles. The van der Waals surface area contributed by atoms with Crippen LogP contribution in [-0.2, 0) is 6.54 Å². The van der Waals surface area contributed by atoms with Gasteiger partial charge in [0.05, 0.1) is 11.8 Å². The topological polar surface area (TPSA) is 36.4 Å². The zero-order chi connectivity index (χ0) is 14.2. The summed E-state index contributed by atoms with van der Waals surface area (Å²) in [6.45, 7) is 4.79. The summed E-state index contributed by atoms with van der Waals surface area (Å²) in [5, 5.41) is 10.2. The lowest BCUT2D eigenvalue weighted by molar-refractivity contribution is 0.141. The van der Waals surface area contributed by atoms with Gasteiger partial charge in [-0.25, -0.2) is 0 Å². The van der Waals surface area contributed by atoms with E-state index in [0.29, 0.717) is 0 Å². The van der Waals surface area contributed by atoms with Crippen molar-refractivity contribution in [3.05, 3.63) is 66.0 Å². The van der Waals surface area contributed by atoms with E-state index in [2.05, 4.69) is 16.8 Å². The minimum Gasteiger partial charge on any atom is -0.388 e. The maximum Gasteiger partial charge on any atom is 0.0802 e. The summed E-state index contributed by atoms with van der Waals surface area (Å²) >= 11 is 0. The number of hydrogen-bond donors (Lipinski definition) is 1. The number of aliphatic hydroxyl groups is 1. The maximum absolute atomic E-state index is 10.2. The largest absolute Gasteiger partial charge is 0.388 e. The summed E-state index contributed by atoms with van der Waals surface area (Å²) < 4.78 is 0. The van der Waals surface area contributed by atoms with Crippen LogP contribution in [0.1, 0.15) is 30.7 Å². The summed E-state index contributed by atoms with van der Waals surface area (Å²) in [6.07, 6.45) is 2.17. The van der Waals surface area contributed by atoms with Crippen LogP contribution < -0.4 is 0 Å². The van der Waals surface area contributed by atoms with Crippen LogP contribution in [0.4, 0.5) is 0 Å². The van der Waals surface area contributed by atoms with E-state index in [9.17, 15) is 5.11 Å². The number of pyridine rings is 1. The van der Waals surface area contributed by atoms with Crippen LogP contribution in [0, 0.1) is 0 Å². The Morgan fingerprint density at radius 1 is 1.10 bits per heavy atom. The molecule has 1 aromatic heterocycles. The van der Waals surface area contributed by atoms with Crippen molar-refractivity contribution in [2.45, 2.75) is 26.0 Å². The van der Waals surface area contributed by atoms with E-state index >= 15 is 0 Å². The normalized spacial score (nSPS) is 12.6. The van der Waals surface area contributed by atoms with E-state index in [0.717, 1.165) is 37.3 Å². The second kappa shape index (κ2) is 7.78. The van der Waals surface area contributed by atoms with Crippen molar-refractivity contribution in [2.75, 3.05) is 13.1 Å². The van der Waals surface area contributed by atoms with Crippen molar-refractivity contribution in [3.63, 3.8) is 0 Å². The maximum atomic E-state index is 10.2. The monoisotopic (exact) mass is 270 g/mol. The second-order valence-electron chi connectivity index (χ2n) is 4.91. The van der Waals surface area contributed by atoms with Crippen LogP contribution in [0.15, 0.2) is 54.7 Å². The molecule has 1 heterocycles. The molecular weight excluding hydrogens is 248 g/mol. The molecule has 2 rings (SSSR count). The Bertz CT molecular complexity index is 487. The van der Waals surface area contributed by atoms with Crippen molar-refractivity contribution in [3.8, 4) is 0 Å². The summed E-state index contributed by atoms with van der Waals surface area (Å²) in [5.41, 5.74) is 2.06. The predicted molar refractivity (Wildman–Crippen MR) is 81.2 cm³/mol. The Morgan fingerprint density at radius 3 is 2.50 bits per heavy atom. The fourth-order valence-corrected chi connectivity index (χ4v) is 2.22. The molecule has 0 bridgehead atoms. The van der Waals surface area contributed by atoms with E-state index in [-0.39, 0.29) is 0 Å². The summed E-state index contributed by atoms with van der Waals surface area (Å²) in [6, 6.07) is 15.8. The number of rotatable bonds is 7. The molecule has 106 valence electrons. The lowest BCUT2D eigenvalue weighted by Gasteiger charge is -2.21. The highest BCUT2D eigenvalue weighted by Gasteiger charge is 2.10. The van der Waals surface area contributed by atoms with Gasteiger partial charge in [-0.1, -0.05) is 43.3 Å². The first-order chi connectivity index (χ1) is 9.79. The van der Waals surface area contributed by atoms with E-state index in [1.54, 1.807) is 0 Å². The molecule has 2 aromatic rings. The standard InChI is InChI=1S/C17H22N2O/c1-2-19(14-16-10-6-7-12-18-16)13-11-17(20)15-8-4-3-5-9-15/h3-10,12,17,20H,2,11,13-14H2,1H3. The molecular formula is C17H22N2O. The number of hydrogen-bond acceptors (Lipinski definition) is 3. The molecule has 1 N–H and O–H groups in total. The first kappa shape index (κ1) is 14.7. The Kier molecular flexibility index (Phi) is 5.71. The van der Waals surface area contributed by atoms with Crippen LogP contribution in [0.3, 0.4) is 0 Å². The van der Waals surface area contributed by atoms with Gasteiger partial charge in [-0.2, -0.15) is 0 Å². The van der Waals surface area contributed by atoms with E-state index < -0.39 is 6.10 Å². The van der Waals surface area contributed by atoms with E-state index in [4.69, 9.17) is 0 Å². The Morgan fingerprint density at radius 2 is 1.85 bits per heavy atom. The molecule has 0 aliphatic rings. The lowest BCUT2D eigenvalue weighted by atomic mass is 10.1. The lowest BCUT2D eigenvalue weighted by Crippen LogP contribution is -2.25. The third-order valence-electron chi connectivity index (χ3n) is 3.46. The summed E-state index contributed by atoms with van der Waals surface area (Å²) in [4.78, 5) is 6.65. The van der Waals surface area contributed by atoms with Gasteiger partial charge in [0.1, 0.15) is 0 Å². The molecule has 0 fully saturated rings. The molecule has 3 heteroatoms. The van der Waals surface area contributed by atoms with Gasteiger partial charge in [0, 0.05) is 19.3 Å². The molecule has 0 spiro atoms. The summed E-state index contributed by atoms with van der Waals surface area (Å²) in [7, 11) is 0. The third kappa shape index (κ3) is 4.44. The number of nitrogens with zero attached hydrogens (tertiary/aromatic N) is 2. The van der Waals surface area contributed by atoms with E-state index in [1.165, 1.54) is 0 Å². The van der Waals surface area contributed by atoms with Crippen molar-refractivity contribution < 1.29 is 5.11 Å². The van der Waals surface area contributed by atoms with Crippen molar-refractivity contribution >= 4 is 0 Å². The molecule has 1 unspecified atom stereocenters. The molecule has 20 heavy (non-hydrogen) atoms. The number of aliphatic hydroxyl groups excluding tert-OH is 1. The molecule has 0 aliphatic carbocycles. The van der Waals surface area contributed by atoms with Gasteiger partial charge >= 0.3 is 0 Å². The van der Waals surface area contributed by atoms with Crippen molar-refractivity contribution in [2.24, 2.45) is 0 Å². The number of benzene rings is 1. The van der Waals surface area contributed by atoms with Crippen LogP contribution in [0.25, 0.3) is 0 Å². The van der Waals surface area contributed by atoms with Crippen molar-refractivity contribution in [1.29, 1.82) is 0 Å². The van der Waals surface area contributed by atoms with Gasteiger partial charge in [0.2, 0.25) is 0 Å². The SMILES string of the molecule is CCN(CCC(O)c1ccccc1)Cc1ccccn1. The fourth-order valence-electron chi connectivity index (χ4n) is 2.22. The zero-order valence-electron chi connectivity index (χ0n) is 11.9. The van der Waals surface area contributed by atoms with Gasteiger partial charge < -0.3 is 5.11 Å². The van der Waals surface area contributed by atoms with Crippen LogP contribution in [0.2, 0.25) is 0 Å². The second-order valence-corrected chi connectivity index (χ2v) is 4.91. The Hall–Kier alpha value is -1.71. The smallest absolute Gasteiger partial charge is 0.0802 e. The highest BCUT2D eigenvalue weighted by Crippen LogP contribution is 2.16. The van der Waals surface area contributed by atoms with Crippen LogP contribution >= 0.6 is 0 Å². The fraction of sp³-hybridized carbons (Fsp3) is 0.353. The first-order valence-corrected chi connectivity index (χ1v) is 7.15. The molecule has 0 amide bonds. The zero-order valence-corrected chi connectivity index (χ0v) is 11.9. The predicted octanol–water partition coefficient (Wildman–Crippen LogP) is 3.03. The summed E-state index contributed by atoms with van der Waals surface area (Å²) in [5.74, 6) is 0. The minimum absolute atomic E-state index is 0.394. The molecule has 3 nitrogen and oxygen atoms in total. The van der Waals surface area contributed by atoms with Gasteiger partial charge in [-0.3, -0.25) is 9.88 Å². The highest BCUT2D eigenvalue weighted by atomic mass is 16.3. The van der Waals surface area contributed by atoms with Crippen LogP contribution in [-0.4, -0.2) is 28.1 Å². The van der Waals surface area contributed by atoms with Gasteiger partial charge in [0.15, 0.2) is 0 Å².